The number of aromatic hydroxyl groups is 1. The van der Waals surface area contributed by atoms with Crippen molar-refractivity contribution in [1.82, 2.24) is 42.1 Å². The second-order valence-corrected chi connectivity index (χ2v) is 20.3. The van der Waals surface area contributed by atoms with Gasteiger partial charge in [-0.1, -0.05) is 72.8 Å². The van der Waals surface area contributed by atoms with Crippen molar-refractivity contribution < 1.29 is 68.4 Å². The number of nitrogens with one attached hydrogen (secondary N) is 7. The molecule has 17 N–H and O–H groups in total. The second kappa shape index (κ2) is 33.3. The number of carbonyl (C=O) groups excluding carboxylic acids is 8. The van der Waals surface area contributed by atoms with Crippen molar-refractivity contribution in [3.63, 3.8) is 0 Å². The summed E-state index contributed by atoms with van der Waals surface area (Å²) in [7, 11) is 0. The maximum Gasteiger partial charge on any atom is 0.326 e. The Labute approximate surface area is 472 Å². The Hall–Kier alpha value is -8.30. The van der Waals surface area contributed by atoms with Crippen molar-refractivity contribution in [3.8, 4) is 5.75 Å². The van der Waals surface area contributed by atoms with Crippen LogP contribution in [0.3, 0.4) is 0 Å². The lowest BCUT2D eigenvalue weighted by Crippen LogP contribution is -2.61. The Morgan fingerprint density at radius 2 is 1.20 bits per heavy atom. The number of benzene rings is 3. The molecule has 1 heterocycles. The standard InChI is InChI=1S/C54H74N12O14S/c1-31(67)45(52(78)66-25-10-16-42(66)51(77)62-38(23-26-81-2)48(74)64-41(53(79)80)29-33-13-7-4-8-14-33)65-50(76)39(27-32-11-5-3-6-12-32)60-43(69)30-59-47(73)37(15-9-24-58-54(56)57)61-49(75)40(28-34-17-19-35(68)20-18-34)63-46(72)36(55)21-22-44(70)71/h3-8,11-14,17-20,31,36-42,45,67-68H,9-10,15-16,21-30,55H2,1-2H3,(H,59,73)(H,60,69)(H,61,75)(H,62,77)(H,63,72)(H,64,74)(H,65,76)(H,70,71)(H,79,80)(H4,56,57,58)/t31-,36+,37+,38+,39+,40+,41+,42+,45+/m1/s1. The van der Waals surface area contributed by atoms with Crippen molar-refractivity contribution in [2.24, 2.45) is 22.2 Å². The summed E-state index contributed by atoms with van der Waals surface area (Å²) in [6, 6.07) is 12.0. The normalized spacial score (nSPS) is 15.8. The minimum Gasteiger partial charge on any atom is -0.508 e. The molecule has 0 spiro atoms. The van der Waals surface area contributed by atoms with Gasteiger partial charge in [-0.3, -0.25) is 48.1 Å². The molecule has 81 heavy (non-hydrogen) atoms. The third kappa shape index (κ3) is 22.4. The van der Waals surface area contributed by atoms with Gasteiger partial charge in [0.25, 0.3) is 0 Å². The summed E-state index contributed by atoms with van der Waals surface area (Å²) < 4.78 is 0. The first kappa shape index (κ1) is 65.2. The first-order valence-corrected chi connectivity index (χ1v) is 27.6. The molecule has 0 aromatic heterocycles. The van der Waals surface area contributed by atoms with Gasteiger partial charge < -0.3 is 79.7 Å². The molecule has 0 aliphatic carbocycles. The van der Waals surface area contributed by atoms with E-state index in [2.05, 4.69) is 42.2 Å². The van der Waals surface area contributed by atoms with Crippen LogP contribution in [0.1, 0.15) is 68.6 Å². The molecule has 8 amide bonds. The fourth-order valence-electron chi connectivity index (χ4n) is 8.62. The largest absolute Gasteiger partial charge is 0.508 e. The number of hydrogen-bond acceptors (Lipinski definition) is 15. The second-order valence-electron chi connectivity index (χ2n) is 19.4. The predicted octanol–water partition coefficient (Wildman–Crippen LogP) is -2.10. The minimum absolute atomic E-state index is 0.0192. The Bertz CT molecular complexity index is 2650. The molecule has 27 heteroatoms. The number of thioether (sulfide) groups is 1. The average Bonchev–Trinajstić information content (AvgIpc) is 3.99. The summed E-state index contributed by atoms with van der Waals surface area (Å²) in [6.45, 7) is 0.550. The van der Waals surface area contributed by atoms with E-state index < -0.39 is 127 Å². The molecule has 0 saturated carbocycles. The van der Waals surface area contributed by atoms with Gasteiger partial charge in [0.2, 0.25) is 47.3 Å². The van der Waals surface area contributed by atoms with Crippen LogP contribution in [-0.4, -0.2) is 177 Å². The van der Waals surface area contributed by atoms with Crippen LogP contribution >= 0.6 is 11.8 Å². The molecule has 9 atom stereocenters. The van der Waals surface area contributed by atoms with Crippen LogP contribution < -0.4 is 54.4 Å². The van der Waals surface area contributed by atoms with E-state index in [0.717, 1.165) is 0 Å². The van der Waals surface area contributed by atoms with Crippen LogP contribution in [-0.2, 0) is 67.2 Å². The Kier molecular flexibility index (Phi) is 26.8. The number of carboxylic acid groups (broad SMARTS) is 2. The molecular weight excluding hydrogens is 1070 g/mol. The molecule has 0 bridgehead atoms. The number of aliphatic imine (C=N–C) groups is 1. The highest BCUT2D eigenvalue weighted by molar-refractivity contribution is 7.98. The van der Waals surface area contributed by atoms with E-state index in [4.69, 9.17) is 22.3 Å². The predicted molar refractivity (Wildman–Crippen MR) is 299 cm³/mol. The van der Waals surface area contributed by atoms with E-state index in [1.807, 2.05) is 0 Å². The van der Waals surface area contributed by atoms with Crippen LogP contribution in [0.25, 0.3) is 0 Å². The van der Waals surface area contributed by atoms with Gasteiger partial charge in [0.15, 0.2) is 5.96 Å². The fourth-order valence-corrected chi connectivity index (χ4v) is 9.10. The smallest absolute Gasteiger partial charge is 0.326 e. The number of carbonyl (C=O) groups is 10. The van der Waals surface area contributed by atoms with Gasteiger partial charge in [-0.05, 0) is 86.3 Å². The molecule has 3 aromatic rings. The molecule has 440 valence electrons. The minimum atomic E-state index is -1.66. The van der Waals surface area contributed by atoms with Gasteiger partial charge in [0.1, 0.15) is 48.0 Å². The third-order valence-corrected chi connectivity index (χ3v) is 13.6. The molecule has 1 aliphatic heterocycles. The van der Waals surface area contributed by atoms with Gasteiger partial charge in [0.05, 0.1) is 18.7 Å². The molecule has 1 fully saturated rings. The number of rotatable bonds is 33. The van der Waals surface area contributed by atoms with E-state index in [9.17, 15) is 63.3 Å². The van der Waals surface area contributed by atoms with Crippen molar-refractivity contribution in [2.75, 3.05) is 31.6 Å². The van der Waals surface area contributed by atoms with Gasteiger partial charge >= 0.3 is 11.9 Å². The molecule has 26 nitrogen and oxygen atoms in total. The zero-order valence-corrected chi connectivity index (χ0v) is 45.9. The van der Waals surface area contributed by atoms with Crippen molar-refractivity contribution in [2.45, 2.75) is 126 Å². The number of hydrogen-bond donors (Lipinski definition) is 14. The first-order chi connectivity index (χ1) is 38.6. The summed E-state index contributed by atoms with van der Waals surface area (Å²) in [5.41, 5.74) is 18.6. The Morgan fingerprint density at radius 3 is 1.77 bits per heavy atom. The number of nitrogens with two attached hydrogens (primary N) is 3. The summed E-state index contributed by atoms with van der Waals surface area (Å²) in [5, 5.41) is 57.7. The number of phenolic OH excluding ortho intramolecular Hbond substituents is 1. The highest BCUT2D eigenvalue weighted by atomic mass is 32.2. The molecule has 0 radical (unpaired) electrons. The van der Waals surface area contributed by atoms with Crippen molar-refractivity contribution >= 4 is 76.9 Å². The SMILES string of the molecule is CSCC[C@H](NC(=O)[C@@H]1CCCN1C(=O)[C@@H](NC(=O)[C@H](Cc1ccccc1)NC(=O)CNC(=O)[C@H](CCCN=C(N)N)NC(=O)[C@H](Cc1ccc(O)cc1)NC(=O)[C@@H](N)CCC(=O)O)[C@@H](C)O)C(=O)N[C@@H](Cc1ccccc1)C(=O)O. The number of aliphatic hydroxyl groups is 1. The van der Waals surface area contributed by atoms with Gasteiger partial charge in [-0.15, -0.1) is 0 Å². The maximum atomic E-state index is 14.3. The highest BCUT2D eigenvalue weighted by Gasteiger charge is 2.41. The molecule has 1 saturated heterocycles. The highest BCUT2D eigenvalue weighted by Crippen LogP contribution is 2.21. The summed E-state index contributed by atoms with van der Waals surface area (Å²) in [5.74, 6) is -9.11. The number of aliphatic carboxylic acids is 2. The van der Waals surface area contributed by atoms with Crippen LogP contribution in [0.15, 0.2) is 89.9 Å². The summed E-state index contributed by atoms with van der Waals surface area (Å²) >= 11 is 1.40. The van der Waals surface area contributed by atoms with Crippen LogP contribution in [0.2, 0.25) is 0 Å². The van der Waals surface area contributed by atoms with Gasteiger partial charge in [-0.25, -0.2) is 4.79 Å². The quantitative estimate of drug-likeness (QED) is 0.0176. The number of amides is 8. The van der Waals surface area contributed by atoms with Crippen LogP contribution in [0.5, 0.6) is 5.75 Å². The zero-order valence-electron chi connectivity index (χ0n) is 45.1. The fraction of sp³-hybridized carbons (Fsp3) is 0.463. The Morgan fingerprint density at radius 1 is 0.667 bits per heavy atom. The first-order valence-electron chi connectivity index (χ1n) is 26.2. The number of likely N-dealkylation sites (tertiary alicyclic amines) is 1. The molecule has 0 unspecified atom stereocenters. The number of carboxylic acids is 2. The topological polar surface area (TPSA) is 429 Å². The molecule has 4 rings (SSSR count). The monoisotopic (exact) mass is 1150 g/mol. The van der Waals surface area contributed by atoms with E-state index in [-0.39, 0.29) is 76.2 Å². The average molecular weight is 1150 g/mol. The number of aliphatic hydroxyl groups excluding tert-OH is 1. The van der Waals surface area contributed by atoms with E-state index in [1.165, 1.54) is 47.9 Å². The molecule has 3 aromatic carbocycles. The van der Waals surface area contributed by atoms with E-state index in [0.29, 0.717) is 28.9 Å². The van der Waals surface area contributed by atoms with Gasteiger partial charge in [0, 0.05) is 38.8 Å². The number of nitrogens with zero attached hydrogens (tertiary/aromatic N) is 2. The third-order valence-electron chi connectivity index (χ3n) is 13.0. The van der Waals surface area contributed by atoms with E-state index >= 15 is 0 Å². The zero-order chi connectivity index (χ0) is 59.6. The van der Waals surface area contributed by atoms with Crippen LogP contribution in [0.4, 0.5) is 0 Å². The maximum absolute atomic E-state index is 14.3. The molecule has 1 aliphatic rings. The van der Waals surface area contributed by atoms with Crippen molar-refractivity contribution in [1.29, 1.82) is 0 Å². The summed E-state index contributed by atoms with van der Waals surface area (Å²) in [4.78, 5) is 139. The Balaban J connectivity index is 1.49. The van der Waals surface area contributed by atoms with Crippen molar-refractivity contribution in [3.05, 3.63) is 102 Å². The number of phenols is 1. The number of guanidine groups is 1. The van der Waals surface area contributed by atoms with Crippen LogP contribution in [0, 0.1) is 0 Å². The van der Waals surface area contributed by atoms with Gasteiger partial charge in [-0.2, -0.15) is 11.8 Å². The van der Waals surface area contributed by atoms with E-state index in [1.54, 1.807) is 66.9 Å². The lowest BCUT2D eigenvalue weighted by atomic mass is 10.0. The lowest BCUT2D eigenvalue weighted by Gasteiger charge is -2.32. The summed E-state index contributed by atoms with van der Waals surface area (Å²) in [6.07, 6.45) is -0.117. The lowest BCUT2D eigenvalue weighted by molar-refractivity contribution is -0.145. The molecular formula is C54H74N12O14S.